The summed E-state index contributed by atoms with van der Waals surface area (Å²) < 4.78 is 5.55. The summed E-state index contributed by atoms with van der Waals surface area (Å²) in [6.45, 7) is 2.97. The second-order valence-corrected chi connectivity index (χ2v) is 6.54. The average molecular weight is 308 g/mol. The molecule has 1 aromatic rings. The van der Waals surface area contributed by atoms with Crippen molar-refractivity contribution < 1.29 is 9.53 Å². The van der Waals surface area contributed by atoms with Gasteiger partial charge in [0.2, 0.25) is 0 Å². The predicted molar refractivity (Wildman–Crippen MR) is 83.7 cm³/mol. The minimum atomic E-state index is -0.236. The lowest BCUT2D eigenvalue weighted by Gasteiger charge is -2.44. The van der Waals surface area contributed by atoms with Crippen molar-refractivity contribution in [1.29, 1.82) is 0 Å². The van der Waals surface area contributed by atoms with Crippen LogP contribution in [0.15, 0.2) is 24.3 Å². The predicted octanol–water partition coefficient (Wildman–Crippen LogP) is 3.76. The van der Waals surface area contributed by atoms with Gasteiger partial charge in [-0.05, 0) is 63.0 Å². The molecule has 0 saturated carbocycles. The molecule has 0 spiro atoms. The van der Waals surface area contributed by atoms with E-state index in [9.17, 15) is 4.79 Å². The Morgan fingerprint density at radius 1 is 1.14 bits per heavy atom. The number of nitrogens with zero attached hydrogens (tertiary/aromatic N) is 1. The summed E-state index contributed by atoms with van der Waals surface area (Å²) in [5, 5.41) is 0.636. The molecule has 2 unspecified atom stereocenters. The summed E-state index contributed by atoms with van der Waals surface area (Å²) >= 11 is 5.83. The van der Waals surface area contributed by atoms with E-state index in [-0.39, 0.29) is 5.97 Å². The highest BCUT2D eigenvalue weighted by molar-refractivity contribution is 6.30. The monoisotopic (exact) mass is 307 g/mol. The van der Waals surface area contributed by atoms with E-state index < -0.39 is 0 Å². The van der Waals surface area contributed by atoms with Crippen molar-refractivity contribution in [2.45, 2.75) is 38.1 Å². The molecule has 1 aromatic carbocycles. The molecule has 0 radical (unpaired) electrons. The summed E-state index contributed by atoms with van der Waals surface area (Å²) in [5.41, 5.74) is 0.579. The second-order valence-electron chi connectivity index (χ2n) is 6.11. The van der Waals surface area contributed by atoms with E-state index in [4.69, 9.17) is 16.3 Å². The molecule has 2 fully saturated rings. The van der Waals surface area contributed by atoms with Crippen molar-refractivity contribution >= 4 is 17.6 Å². The van der Waals surface area contributed by atoms with Gasteiger partial charge in [-0.15, -0.1) is 0 Å². The van der Waals surface area contributed by atoms with E-state index >= 15 is 0 Å². The summed E-state index contributed by atoms with van der Waals surface area (Å²) in [7, 11) is 0. The molecule has 0 aliphatic carbocycles. The third kappa shape index (κ3) is 3.58. The first-order valence-electron chi connectivity index (χ1n) is 7.91. The summed E-state index contributed by atoms with van der Waals surface area (Å²) in [4.78, 5) is 14.7. The van der Waals surface area contributed by atoms with Crippen LogP contribution in [0.3, 0.4) is 0 Å². The lowest BCUT2D eigenvalue weighted by atomic mass is 9.84. The Bertz CT molecular complexity index is 486. The van der Waals surface area contributed by atoms with Crippen LogP contribution < -0.4 is 0 Å². The van der Waals surface area contributed by atoms with Crippen molar-refractivity contribution in [2.24, 2.45) is 5.92 Å². The number of carbonyl (C=O) groups is 1. The van der Waals surface area contributed by atoms with Crippen LogP contribution in [0, 0.1) is 5.92 Å². The van der Waals surface area contributed by atoms with E-state index in [1.807, 2.05) is 0 Å². The van der Waals surface area contributed by atoms with Gasteiger partial charge in [-0.25, -0.2) is 4.79 Å². The Morgan fingerprint density at radius 3 is 2.71 bits per heavy atom. The third-order valence-electron chi connectivity index (χ3n) is 4.74. The summed E-state index contributed by atoms with van der Waals surface area (Å²) in [6, 6.07) is 7.51. The molecule has 2 heterocycles. The maximum atomic E-state index is 12.1. The molecule has 2 aliphatic heterocycles. The van der Waals surface area contributed by atoms with Gasteiger partial charge < -0.3 is 4.74 Å². The smallest absolute Gasteiger partial charge is 0.338 e. The Morgan fingerprint density at radius 2 is 1.90 bits per heavy atom. The largest absolute Gasteiger partial charge is 0.462 e. The zero-order valence-corrected chi connectivity index (χ0v) is 13.0. The number of halogens is 1. The maximum Gasteiger partial charge on any atom is 0.338 e. The zero-order chi connectivity index (χ0) is 14.7. The molecule has 0 amide bonds. The molecule has 2 aliphatic rings. The van der Waals surface area contributed by atoms with Gasteiger partial charge in [-0.1, -0.05) is 18.0 Å². The number of esters is 1. The quantitative estimate of drug-likeness (QED) is 0.796. The fourth-order valence-electron chi connectivity index (χ4n) is 3.62. The zero-order valence-electron chi connectivity index (χ0n) is 12.3. The number of rotatable bonds is 3. The highest BCUT2D eigenvalue weighted by Crippen LogP contribution is 2.31. The minimum absolute atomic E-state index is 0.236. The van der Waals surface area contributed by atoms with Crippen LogP contribution in [0.25, 0.3) is 0 Å². The Balaban J connectivity index is 1.56. The molecule has 21 heavy (non-hydrogen) atoms. The third-order valence-corrected chi connectivity index (χ3v) is 4.99. The SMILES string of the molecule is O=C(OCC1CCCN2CCCCC12)c1ccc(Cl)cc1. The van der Waals surface area contributed by atoms with E-state index in [0.717, 1.165) is 0 Å². The van der Waals surface area contributed by atoms with Crippen LogP contribution in [-0.2, 0) is 4.74 Å². The van der Waals surface area contributed by atoms with Crippen LogP contribution in [0.2, 0.25) is 5.02 Å². The van der Waals surface area contributed by atoms with E-state index in [0.29, 0.717) is 29.2 Å². The standard InChI is InChI=1S/C17H22ClNO2/c18-15-8-6-13(7-9-15)17(20)21-12-14-4-3-11-19-10-2-1-5-16(14)19/h6-9,14,16H,1-5,10-12H2. The molecule has 0 aromatic heterocycles. The Labute approximate surface area is 131 Å². The van der Waals surface area contributed by atoms with Crippen LogP contribution >= 0.6 is 11.6 Å². The molecule has 2 atom stereocenters. The fraction of sp³-hybridized carbons (Fsp3) is 0.588. The van der Waals surface area contributed by atoms with Gasteiger partial charge in [-0.2, -0.15) is 0 Å². The number of piperidine rings is 2. The summed E-state index contributed by atoms with van der Waals surface area (Å²) in [6.07, 6.45) is 6.27. The number of ether oxygens (including phenoxy) is 1. The van der Waals surface area contributed by atoms with Crippen molar-refractivity contribution in [3.8, 4) is 0 Å². The van der Waals surface area contributed by atoms with Crippen LogP contribution in [0.5, 0.6) is 0 Å². The van der Waals surface area contributed by atoms with Gasteiger partial charge >= 0.3 is 5.97 Å². The van der Waals surface area contributed by atoms with Crippen molar-refractivity contribution in [3.63, 3.8) is 0 Å². The van der Waals surface area contributed by atoms with E-state index in [2.05, 4.69) is 4.90 Å². The first-order chi connectivity index (χ1) is 10.2. The highest BCUT2D eigenvalue weighted by Gasteiger charge is 2.33. The van der Waals surface area contributed by atoms with Crippen molar-refractivity contribution in [1.82, 2.24) is 4.90 Å². The van der Waals surface area contributed by atoms with Crippen LogP contribution in [0.1, 0.15) is 42.5 Å². The first-order valence-corrected chi connectivity index (χ1v) is 8.28. The average Bonchev–Trinajstić information content (AvgIpc) is 2.53. The Hall–Kier alpha value is -1.06. The fourth-order valence-corrected chi connectivity index (χ4v) is 3.75. The normalized spacial score (nSPS) is 26.1. The second kappa shape index (κ2) is 6.80. The molecule has 3 nitrogen and oxygen atoms in total. The number of fused-ring (bicyclic) bond motifs is 1. The van der Waals surface area contributed by atoms with Gasteiger partial charge in [-0.3, -0.25) is 4.90 Å². The van der Waals surface area contributed by atoms with Crippen molar-refractivity contribution in [2.75, 3.05) is 19.7 Å². The Kier molecular flexibility index (Phi) is 4.81. The maximum absolute atomic E-state index is 12.1. The van der Waals surface area contributed by atoms with Gasteiger partial charge in [0.25, 0.3) is 0 Å². The molecule has 3 rings (SSSR count). The molecule has 0 bridgehead atoms. The number of hydrogen-bond acceptors (Lipinski definition) is 3. The van der Waals surface area contributed by atoms with Crippen molar-refractivity contribution in [3.05, 3.63) is 34.9 Å². The van der Waals surface area contributed by atoms with Gasteiger partial charge in [0.05, 0.1) is 12.2 Å². The topological polar surface area (TPSA) is 29.5 Å². The summed E-state index contributed by atoms with van der Waals surface area (Å²) in [5.74, 6) is 0.259. The van der Waals surface area contributed by atoms with E-state index in [1.54, 1.807) is 24.3 Å². The molecular formula is C17H22ClNO2. The molecule has 114 valence electrons. The molecule has 0 N–H and O–H groups in total. The van der Waals surface area contributed by atoms with Crippen LogP contribution in [-0.4, -0.2) is 36.6 Å². The number of hydrogen-bond donors (Lipinski definition) is 0. The minimum Gasteiger partial charge on any atom is -0.462 e. The lowest BCUT2D eigenvalue weighted by molar-refractivity contribution is 0.00739. The van der Waals surface area contributed by atoms with Gasteiger partial charge in [0.15, 0.2) is 0 Å². The van der Waals surface area contributed by atoms with Gasteiger partial charge in [0.1, 0.15) is 0 Å². The number of carbonyl (C=O) groups excluding carboxylic acids is 1. The van der Waals surface area contributed by atoms with Crippen LogP contribution in [0.4, 0.5) is 0 Å². The molecule has 4 heteroatoms. The van der Waals surface area contributed by atoms with Gasteiger partial charge in [0, 0.05) is 17.0 Å². The lowest BCUT2D eigenvalue weighted by Crippen LogP contribution is -2.49. The highest BCUT2D eigenvalue weighted by atomic mass is 35.5. The number of benzene rings is 1. The molecule has 2 saturated heterocycles. The van der Waals surface area contributed by atoms with E-state index in [1.165, 1.54) is 45.2 Å². The molecular weight excluding hydrogens is 286 g/mol. The first kappa shape index (κ1) is 14.9.